The SMILES string of the molecule is CC(=O)Oc1ccc(OC(C)=O)c(C(=O)Oc2ccc(C)cc2)c1. The molecule has 0 N–H and O–H groups in total. The first-order valence-electron chi connectivity index (χ1n) is 7.15. The topological polar surface area (TPSA) is 78.9 Å². The van der Waals surface area contributed by atoms with Gasteiger partial charge in [-0.25, -0.2) is 4.79 Å². The number of aryl methyl sites for hydroxylation is 1. The minimum Gasteiger partial charge on any atom is -0.427 e. The first-order valence-corrected chi connectivity index (χ1v) is 7.15. The summed E-state index contributed by atoms with van der Waals surface area (Å²) in [6.07, 6.45) is 0. The average Bonchev–Trinajstić information content (AvgIpc) is 2.50. The molecule has 0 atom stereocenters. The molecule has 2 rings (SSSR count). The molecule has 0 fully saturated rings. The second-order valence-corrected chi connectivity index (χ2v) is 5.05. The van der Waals surface area contributed by atoms with Gasteiger partial charge in [-0.15, -0.1) is 0 Å². The van der Waals surface area contributed by atoms with Crippen LogP contribution in [0.3, 0.4) is 0 Å². The maximum absolute atomic E-state index is 12.4. The fourth-order valence-corrected chi connectivity index (χ4v) is 1.91. The molecule has 0 aliphatic rings. The van der Waals surface area contributed by atoms with E-state index in [0.29, 0.717) is 5.75 Å². The Hall–Kier alpha value is -3.15. The van der Waals surface area contributed by atoms with Crippen LogP contribution in [-0.4, -0.2) is 17.9 Å². The van der Waals surface area contributed by atoms with Crippen LogP contribution >= 0.6 is 0 Å². The van der Waals surface area contributed by atoms with E-state index in [1.807, 2.05) is 6.92 Å². The Morgan fingerprint density at radius 1 is 0.750 bits per heavy atom. The molecule has 124 valence electrons. The lowest BCUT2D eigenvalue weighted by molar-refractivity contribution is -0.133. The van der Waals surface area contributed by atoms with Gasteiger partial charge in [0.15, 0.2) is 0 Å². The summed E-state index contributed by atoms with van der Waals surface area (Å²) in [5, 5.41) is 0. The van der Waals surface area contributed by atoms with Gasteiger partial charge in [0.05, 0.1) is 0 Å². The second-order valence-electron chi connectivity index (χ2n) is 5.05. The van der Waals surface area contributed by atoms with E-state index in [-0.39, 0.29) is 17.1 Å². The van der Waals surface area contributed by atoms with Crippen LogP contribution in [0.4, 0.5) is 0 Å². The fourth-order valence-electron chi connectivity index (χ4n) is 1.91. The van der Waals surface area contributed by atoms with Crippen molar-refractivity contribution in [2.24, 2.45) is 0 Å². The van der Waals surface area contributed by atoms with E-state index < -0.39 is 17.9 Å². The zero-order valence-electron chi connectivity index (χ0n) is 13.5. The average molecular weight is 328 g/mol. The number of carbonyl (C=O) groups is 3. The van der Waals surface area contributed by atoms with Gasteiger partial charge in [0.2, 0.25) is 0 Å². The van der Waals surface area contributed by atoms with E-state index in [4.69, 9.17) is 14.2 Å². The number of hydrogen-bond donors (Lipinski definition) is 0. The molecule has 0 saturated carbocycles. The lowest BCUT2D eigenvalue weighted by Crippen LogP contribution is -2.13. The lowest BCUT2D eigenvalue weighted by Gasteiger charge is -2.11. The molecule has 0 heterocycles. The standard InChI is InChI=1S/C18H16O6/c1-11-4-6-14(7-5-11)24-18(21)16-10-15(22-12(2)19)8-9-17(16)23-13(3)20/h4-10H,1-3H3. The van der Waals surface area contributed by atoms with Crippen molar-refractivity contribution in [1.82, 2.24) is 0 Å². The van der Waals surface area contributed by atoms with Crippen molar-refractivity contribution >= 4 is 17.9 Å². The summed E-state index contributed by atoms with van der Waals surface area (Å²) in [6.45, 7) is 4.37. The maximum Gasteiger partial charge on any atom is 0.347 e. The highest BCUT2D eigenvalue weighted by molar-refractivity contribution is 5.95. The van der Waals surface area contributed by atoms with E-state index in [9.17, 15) is 14.4 Å². The maximum atomic E-state index is 12.4. The van der Waals surface area contributed by atoms with Crippen LogP contribution in [0.2, 0.25) is 0 Å². The van der Waals surface area contributed by atoms with E-state index in [2.05, 4.69) is 0 Å². The molecule has 0 aliphatic heterocycles. The number of benzene rings is 2. The van der Waals surface area contributed by atoms with Crippen LogP contribution < -0.4 is 14.2 Å². The smallest absolute Gasteiger partial charge is 0.347 e. The minimum atomic E-state index is -0.732. The van der Waals surface area contributed by atoms with Crippen LogP contribution in [0, 0.1) is 6.92 Å². The largest absolute Gasteiger partial charge is 0.427 e. The van der Waals surface area contributed by atoms with E-state index in [0.717, 1.165) is 5.56 Å². The van der Waals surface area contributed by atoms with Crippen LogP contribution in [-0.2, 0) is 9.59 Å². The molecule has 0 radical (unpaired) electrons. The summed E-state index contributed by atoms with van der Waals surface area (Å²) >= 11 is 0. The van der Waals surface area contributed by atoms with Crippen molar-refractivity contribution in [2.45, 2.75) is 20.8 Å². The molecule has 2 aromatic rings. The second kappa shape index (κ2) is 7.41. The highest BCUT2D eigenvalue weighted by Gasteiger charge is 2.18. The molecule has 0 aromatic heterocycles. The van der Waals surface area contributed by atoms with Gasteiger partial charge in [-0.05, 0) is 37.3 Å². The number of carbonyl (C=O) groups excluding carboxylic acids is 3. The summed E-state index contributed by atoms with van der Waals surface area (Å²) < 4.78 is 15.2. The summed E-state index contributed by atoms with van der Waals surface area (Å²) in [5.41, 5.74) is 0.997. The van der Waals surface area contributed by atoms with Gasteiger partial charge >= 0.3 is 17.9 Å². The van der Waals surface area contributed by atoms with Crippen molar-refractivity contribution in [3.05, 3.63) is 53.6 Å². The monoisotopic (exact) mass is 328 g/mol. The van der Waals surface area contributed by atoms with E-state index in [1.165, 1.54) is 32.0 Å². The number of ether oxygens (including phenoxy) is 3. The molecule has 0 unspecified atom stereocenters. The molecular formula is C18H16O6. The van der Waals surface area contributed by atoms with Crippen LogP contribution in [0.15, 0.2) is 42.5 Å². The molecule has 0 aliphatic carbocycles. The van der Waals surface area contributed by atoms with E-state index >= 15 is 0 Å². The van der Waals surface area contributed by atoms with Gasteiger partial charge in [0, 0.05) is 13.8 Å². The predicted octanol–water partition coefficient (Wildman–Crippen LogP) is 3.06. The molecule has 0 bridgehead atoms. The zero-order valence-corrected chi connectivity index (χ0v) is 13.5. The van der Waals surface area contributed by atoms with Gasteiger partial charge in [-0.1, -0.05) is 17.7 Å². The Bertz CT molecular complexity index is 777. The zero-order chi connectivity index (χ0) is 17.7. The summed E-state index contributed by atoms with van der Waals surface area (Å²) in [7, 11) is 0. The lowest BCUT2D eigenvalue weighted by atomic mass is 10.2. The third-order valence-electron chi connectivity index (χ3n) is 2.92. The number of hydrogen-bond acceptors (Lipinski definition) is 6. The fraction of sp³-hybridized carbons (Fsp3) is 0.167. The minimum absolute atomic E-state index is 0.0236. The molecule has 0 saturated heterocycles. The molecule has 6 nitrogen and oxygen atoms in total. The summed E-state index contributed by atoms with van der Waals surface area (Å²) in [6, 6.07) is 11.0. The Balaban J connectivity index is 2.32. The van der Waals surface area contributed by atoms with Crippen molar-refractivity contribution in [1.29, 1.82) is 0 Å². The molecule has 24 heavy (non-hydrogen) atoms. The van der Waals surface area contributed by atoms with Crippen molar-refractivity contribution < 1.29 is 28.6 Å². The molecule has 6 heteroatoms. The van der Waals surface area contributed by atoms with Crippen molar-refractivity contribution in [3.8, 4) is 17.2 Å². The van der Waals surface area contributed by atoms with Gasteiger partial charge in [0.1, 0.15) is 22.8 Å². The first kappa shape index (κ1) is 17.2. The first-order chi connectivity index (χ1) is 11.3. The summed E-state index contributed by atoms with van der Waals surface area (Å²) in [5.74, 6) is -1.33. The Kier molecular flexibility index (Phi) is 5.31. The third kappa shape index (κ3) is 4.67. The van der Waals surface area contributed by atoms with Crippen molar-refractivity contribution in [2.75, 3.05) is 0 Å². The van der Waals surface area contributed by atoms with Gasteiger partial charge < -0.3 is 14.2 Å². The normalized spacial score (nSPS) is 9.96. The molecular weight excluding hydrogens is 312 g/mol. The molecule has 0 spiro atoms. The van der Waals surface area contributed by atoms with Gasteiger partial charge in [-0.2, -0.15) is 0 Å². The highest BCUT2D eigenvalue weighted by Crippen LogP contribution is 2.26. The Morgan fingerprint density at radius 2 is 1.33 bits per heavy atom. The summed E-state index contributed by atoms with van der Waals surface area (Å²) in [4.78, 5) is 34.6. The van der Waals surface area contributed by atoms with Crippen LogP contribution in [0.1, 0.15) is 29.8 Å². The molecule has 0 amide bonds. The van der Waals surface area contributed by atoms with Gasteiger partial charge in [0.25, 0.3) is 0 Å². The predicted molar refractivity (Wildman–Crippen MR) is 85.2 cm³/mol. The van der Waals surface area contributed by atoms with E-state index in [1.54, 1.807) is 24.3 Å². The van der Waals surface area contributed by atoms with Gasteiger partial charge in [-0.3, -0.25) is 9.59 Å². The van der Waals surface area contributed by atoms with Crippen LogP contribution in [0.25, 0.3) is 0 Å². The molecule has 2 aromatic carbocycles. The van der Waals surface area contributed by atoms with Crippen LogP contribution in [0.5, 0.6) is 17.2 Å². The number of esters is 3. The third-order valence-corrected chi connectivity index (χ3v) is 2.92. The Morgan fingerprint density at radius 3 is 1.92 bits per heavy atom. The number of rotatable bonds is 4. The quantitative estimate of drug-likeness (QED) is 0.634. The highest BCUT2D eigenvalue weighted by atomic mass is 16.6. The van der Waals surface area contributed by atoms with Crippen molar-refractivity contribution in [3.63, 3.8) is 0 Å². The Labute approximate surface area is 139 Å².